The molecule has 0 saturated carbocycles. The first-order valence-corrected chi connectivity index (χ1v) is 8.73. The van der Waals surface area contributed by atoms with Gasteiger partial charge < -0.3 is 15.3 Å². The third kappa shape index (κ3) is 4.55. The first-order chi connectivity index (χ1) is 10.6. The molecular weight excluding hydrogens is 300 g/mol. The van der Waals surface area contributed by atoms with Crippen LogP contribution in [0.2, 0.25) is 0 Å². The van der Waals surface area contributed by atoms with Gasteiger partial charge in [-0.2, -0.15) is 0 Å². The molecule has 5 nitrogen and oxygen atoms in total. The van der Waals surface area contributed by atoms with Crippen molar-refractivity contribution < 1.29 is 14.7 Å². The number of nitrogens with zero attached hydrogens (tertiary/aromatic N) is 1. The van der Waals surface area contributed by atoms with Gasteiger partial charge in [0.05, 0.1) is 10.8 Å². The first-order valence-electron chi connectivity index (χ1n) is 7.86. The summed E-state index contributed by atoms with van der Waals surface area (Å²) in [5.74, 6) is -0.0795. The third-order valence-electron chi connectivity index (χ3n) is 4.00. The highest BCUT2D eigenvalue weighted by molar-refractivity contribution is 7.12. The molecule has 0 aromatic carbocycles. The zero-order valence-electron chi connectivity index (χ0n) is 13.0. The summed E-state index contributed by atoms with van der Waals surface area (Å²) < 4.78 is 0. The maximum Gasteiger partial charge on any atom is 0.263 e. The molecule has 2 atom stereocenters. The molecule has 6 heteroatoms. The summed E-state index contributed by atoms with van der Waals surface area (Å²) in [6.07, 6.45) is 3.15. The fourth-order valence-electron chi connectivity index (χ4n) is 2.76. The number of carbonyl (C=O) groups is 2. The van der Waals surface area contributed by atoms with Crippen molar-refractivity contribution in [1.82, 2.24) is 10.2 Å². The van der Waals surface area contributed by atoms with Crippen molar-refractivity contribution in [2.45, 2.75) is 38.6 Å². The summed E-state index contributed by atoms with van der Waals surface area (Å²) in [6.45, 7) is 3.31. The Bertz CT molecular complexity index is 490. The summed E-state index contributed by atoms with van der Waals surface area (Å²) in [6, 6.07) is 3.76. The third-order valence-corrected chi connectivity index (χ3v) is 4.85. The fourth-order valence-corrected chi connectivity index (χ4v) is 3.45. The molecule has 2 N–H and O–H groups in total. The van der Waals surface area contributed by atoms with Crippen LogP contribution in [0.4, 0.5) is 0 Å². The Morgan fingerprint density at radius 3 is 3.05 bits per heavy atom. The second-order valence-electron chi connectivity index (χ2n) is 5.84. The Labute approximate surface area is 135 Å². The maximum absolute atomic E-state index is 12.4. The number of amides is 2. The lowest BCUT2D eigenvalue weighted by Crippen LogP contribution is -2.47. The molecule has 1 aliphatic heterocycles. The average Bonchev–Trinajstić information content (AvgIpc) is 3.06. The molecule has 0 radical (unpaired) electrons. The molecule has 2 amide bonds. The van der Waals surface area contributed by atoms with Gasteiger partial charge in [-0.15, -0.1) is 11.3 Å². The van der Waals surface area contributed by atoms with Crippen LogP contribution in [-0.4, -0.2) is 47.6 Å². The minimum atomic E-state index is -0.130. The highest BCUT2D eigenvalue weighted by Gasteiger charge is 2.29. The molecule has 22 heavy (non-hydrogen) atoms. The quantitative estimate of drug-likeness (QED) is 0.839. The molecule has 2 heterocycles. The van der Waals surface area contributed by atoms with Gasteiger partial charge in [-0.1, -0.05) is 6.07 Å². The van der Waals surface area contributed by atoms with E-state index in [2.05, 4.69) is 5.32 Å². The number of hydrogen-bond donors (Lipinski definition) is 2. The Balaban J connectivity index is 1.87. The van der Waals surface area contributed by atoms with Gasteiger partial charge in [0.2, 0.25) is 5.91 Å². The standard InChI is InChI=1S/C16H24N2O3S/c1-12(5-3-9-19)17-15(20)13-6-2-8-18(11-13)16(21)14-7-4-10-22-14/h4,7,10,12-13,19H,2-3,5-6,8-9,11H2,1H3,(H,17,20). The number of aliphatic hydroxyl groups excluding tert-OH is 1. The number of hydrogen-bond acceptors (Lipinski definition) is 4. The van der Waals surface area contributed by atoms with Crippen LogP contribution >= 0.6 is 11.3 Å². The van der Waals surface area contributed by atoms with Crippen molar-refractivity contribution in [3.05, 3.63) is 22.4 Å². The van der Waals surface area contributed by atoms with E-state index in [0.29, 0.717) is 13.0 Å². The van der Waals surface area contributed by atoms with E-state index in [0.717, 1.165) is 30.7 Å². The first kappa shape index (κ1) is 17.0. The Morgan fingerprint density at radius 2 is 2.36 bits per heavy atom. The van der Waals surface area contributed by atoms with E-state index < -0.39 is 0 Å². The van der Waals surface area contributed by atoms with Crippen molar-refractivity contribution >= 4 is 23.2 Å². The van der Waals surface area contributed by atoms with Crippen LogP contribution in [0.3, 0.4) is 0 Å². The van der Waals surface area contributed by atoms with E-state index in [-0.39, 0.29) is 30.4 Å². The number of likely N-dealkylation sites (tertiary alicyclic amines) is 1. The molecule has 1 aromatic rings. The number of rotatable bonds is 6. The van der Waals surface area contributed by atoms with Gasteiger partial charge in [0.15, 0.2) is 0 Å². The van der Waals surface area contributed by atoms with Crippen LogP contribution in [-0.2, 0) is 4.79 Å². The molecule has 122 valence electrons. The van der Waals surface area contributed by atoms with Crippen molar-refractivity contribution in [2.24, 2.45) is 5.92 Å². The van der Waals surface area contributed by atoms with Crippen LogP contribution < -0.4 is 5.32 Å². The molecule has 2 rings (SSSR count). The normalized spacial score (nSPS) is 19.7. The van der Waals surface area contributed by atoms with Gasteiger partial charge in [0.1, 0.15) is 0 Å². The van der Waals surface area contributed by atoms with Crippen molar-refractivity contribution in [2.75, 3.05) is 19.7 Å². The lowest BCUT2D eigenvalue weighted by Gasteiger charge is -2.32. The van der Waals surface area contributed by atoms with E-state index in [9.17, 15) is 9.59 Å². The molecular formula is C16H24N2O3S. The fraction of sp³-hybridized carbons (Fsp3) is 0.625. The summed E-state index contributed by atoms with van der Waals surface area (Å²) >= 11 is 1.44. The molecule has 0 aliphatic carbocycles. The predicted octanol–water partition coefficient (Wildman–Crippen LogP) is 1.88. The molecule has 2 unspecified atom stereocenters. The highest BCUT2D eigenvalue weighted by atomic mass is 32.1. The van der Waals surface area contributed by atoms with Gasteiger partial charge in [-0.05, 0) is 44.1 Å². The largest absolute Gasteiger partial charge is 0.396 e. The predicted molar refractivity (Wildman–Crippen MR) is 86.9 cm³/mol. The summed E-state index contributed by atoms with van der Waals surface area (Å²) in [5.41, 5.74) is 0. The molecule has 0 bridgehead atoms. The smallest absolute Gasteiger partial charge is 0.263 e. The van der Waals surface area contributed by atoms with Crippen LogP contribution in [0, 0.1) is 5.92 Å². The molecule has 1 saturated heterocycles. The molecule has 1 fully saturated rings. The Morgan fingerprint density at radius 1 is 1.55 bits per heavy atom. The number of piperidine rings is 1. The van der Waals surface area contributed by atoms with Gasteiger partial charge >= 0.3 is 0 Å². The monoisotopic (exact) mass is 324 g/mol. The number of carbonyl (C=O) groups excluding carboxylic acids is 2. The van der Waals surface area contributed by atoms with Gasteiger partial charge in [-0.3, -0.25) is 9.59 Å². The second-order valence-corrected chi connectivity index (χ2v) is 6.79. The van der Waals surface area contributed by atoms with E-state index in [1.54, 1.807) is 4.90 Å². The molecule has 0 spiro atoms. The van der Waals surface area contributed by atoms with Crippen molar-refractivity contribution in [3.63, 3.8) is 0 Å². The Kier molecular flexibility index (Phi) is 6.39. The van der Waals surface area contributed by atoms with Crippen LogP contribution in [0.15, 0.2) is 17.5 Å². The lowest BCUT2D eigenvalue weighted by molar-refractivity contribution is -0.127. The van der Waals surface area contributed by atoms with Gasteiger partial charge in [0, 0.05) is 25.7 Å². The minimum absolute atomic E-state index is 0.0223. The number of thiophene rings is 1. The summed E-state index contributed by atoms with van der Waals surface area (Å²) in [5, 5.41) is 13.7. The average molecular weight is 324 g/mol. The zero-order valence-corrected chi connectivity index (χ0v) is 13.8. The molecule has 1 aromatic heterocycles. The highest BCUT2D eigenvalue weighted by Crippen LogP contribution is 2.21. The SMILES string of the molecule is CC(CCCO)NC(=O)C1CCCN(C(=O)c2cccs2)C1. The summed E-state index contributed by atoms with van der Waals surface area (Å²) in [4.78, 5) is 27.2. The van der Waals surface area contributed by atoms with E-state index in [1.165, 1.54) is 11.3 Å². The van der Waals surface area contributed by atoms with E-state index >= 15 is 0 Å². The van der Waals surface area contributed by atoms with Crippen LogP contribution in [0.1, 0.15) is 42.3 Å². The van der Waals surface area contributed by atoms with Gasteiger partial charge in [-0.25, -0.2) is 0 Å². The summed E-state index contributed by atoms with van der Waals surface area (Å²) in [7, 11) is 0. The van der Waals surface area contributed by atoms with E-state index in [4.69, 9.17) is 5.11 Å². The number of aliphatic hydroxyl groups is 1. The van der Waals surface area contributed by atoms with Gasteiger partial charge in [0.25, 0.3) is 5.91 Å². The van der Waals surface area contributed by atoms with Crippen molar-refractivity contribution in [1.29, 1.82) is 0 Å². The number of nitrogens with one attached hydrogen (secondary N) is 1. The van der Waals surface area contributed by atoms with Crippen LogP contribution in [0.5, 0.6) is 0 Å². The molecule has 1 aliphatic rings. The lowest BCUT2D eigenvalue weighted by atomic mass is 9.96. The Hall–Kier alpha value is -1.40. The second kappa shape index (κ2) is 8.29. The topological polar surface area (TPSA) is 69.6 Å². The van der Waals surface area contributed by atoms with Crippen LogP contribution in [0.25, 0.3) is 0 Å². The zero-order chi connectivity index (χ0) is 15.9. The minimum Gasteiger partial charge on any atom is -0.396 e. The van der Waals surface area contributed by atoms with E-state index in [1.807, 2.05) is 24.4 Å². The van der Waals surface area contributed by atoms with Crippen molar-refractivity contribution in [3.8, 4) is 0 Å². The maximum atomic E-state index is 12.4.